The normalized spacial score (nSPS) is 12.2. The number of nitrogens with zero attached hydrogens (tertiary/aromatic N) is 1. The Kier molecular flexibility index (Phi) is 6.56. The minimum absolute atomic E-state index is 0.122. The number of carbonyl (C=O) groups excluding carboxylic acids is 1. The van der Waals surface area contributed by atoms with Crippen molar-refractivity contribution in [3.63, 3.8) is 0 Å². The summed E-state index contributed by atoms with van der Waals surface area (Å²) < 4.78 is 26.0. The molecule has 0 saturated heterocycles. The highest BCUT2D eigenvalue weighted by Gasteiger charge is 2.23. The van der Waals surface area contributed by atoms with E-state index in [0.29, 0.717) is 5.56 Å². The third-order valence-corrected chi connectivity index (χ3v) is 5.89. The number of hydrogen-bond donors (Lipinski definition) is 1. The van der Waals surface area contributed by atoms with Gasteiger partial charge in [0.25, 0.3) is 5.91 Å². The lowest BCUT2D eigenvalue weighted by Gasteiger charge is -2.21. The van der Waals surface area contributed by atoms with E-state index in [1.165, 1.54) is 16.4 Å². The number of benzene rings is 1. The maximum Gasteiger partial charge on any atom is 0.251 e. The molecule has 124 valence electrons. The number of carbonyl (C=O) groups is 1. The summed E-state index contributed by atoms with van der Waals surface area (Å²) in [6.07, 6.45) is 1.74. The fourth-order valence-electron chi connectivity index (χ4n) is 1.98. The van der Waals surface area contributed by atoms with Crippen LogP contribution in [0.4, 0.5) is 0 Å². The molecule has 0 spiro atoms. The topological polar surface area (TPSA) is 66.5 Å². The highest BCUT2D eigenvalue weighted by molar-refractivity contribution is 7.89. The van der Waals surface area contributed by atoms with Crippen molar-refractivity contribution in [3.8, 4) is 0 Å². The predicted molar refractivity (Wildman–Crippen MR) is 88.4 cm³/mol. The van der Waals surface area contributed by atoms with Crippen LogP contribution >= 0.6 is 0 Å². The molecule has 1 amide bonds. The van der Waals surface area contributed by atoms with Gasteiger partial charge in [-0.2, -0.15) is 4.31 Å². The van der Waals surface area contributed by atoms with Gasteiger partial charge in [-0.1, -0.05) is 13.8 Å². The molecule has 0 aliphatic carbocycles. The monoisotopic (exact) mass is 326 g/mol. The van der Waals surface area contributed by atoms with E-state index in [2.05, 4.69) is 5.32 Å². The van der Waals surface area contributed by atoms with Crippen LogP contribution in [0.1, 0.15) is 50.9 Å². The van der Waals surface area contributed by atoms with E-state index in [4.69, 9.17) is 0 Å². The van der Waals surface area contributed by atoms with Crippen molar-refractivity contribution in [3.05, 3.63) is 29.8 Å². The first kappa shape index (κ1) is 18.6. The van der Waals surface area contributed by atoms with Gasteiger partial charge in [-0.15, -0.1) is 0 Å². The molecule has 0 aromatic heterocycles. The zero-order valence-corrected chi connectivity index (χ0v) is 14.8. The van der Waals surface area contributed by atoms with Crippen molar-refractivity contribution in [1.29, 1.82) is 0 Å². The smallest absolute Gasteiger partial charge is 0.251 e. The molecule has 22 heavy (non-hydrogen) atoms. The van der Waals surface area contributed by atoms with Gasteiger partial charge < -0.3 is 5.32 Å². The van der Waals surface area contributed by atoms with Crippen LogP contribution in [0.15, 0.2) is 29.2 Å². The molecule has 1 aromatic rings. The van der Waals surface area contributed by atoms with Crippen molar-refractivity contribution in [2.45, 2.75) is 57.5 Å². The second kappa shape index (κ2) is 7.74. The maximum absolute atomic E-state index is 12.4. The van der Waals surface area contributed by atoms with E-state index in [0.717, 1.165) is 12.8 Å². The molecule has 0 saturated carbocycles. The lowest BCUT2D eigenvalue weighted by atomic mass is 10.1. The minimum atomic E-state index is -3.51. The molecule has 0 bridgehead atoms. The molecular weight excluding hydrogens is 300 g/mol. The first-order chi connectivity index (χ1) is 10.2. The Morgan fingerprint density at radius 1 is 1.14 bits per heavy atom. The van der Waals surface area contributed by atoms with E-state index in [1.54, 1.807) is 19.2 Å². The van der Waals surface area contributed by atoms with E-state index in [-0.39, 0.29) is 22.9 Å². The molecule has 5 nitrogen and oxygen atoms in total. The van der Waals surface area contributed by atoms with E-state index < -0.39 is 10.0 Å². The second-order valence-corrected chi connectivity index (χ2v) is 7.62. The summed E-state index contributed by atoms with van der Waals surface area (Å²) in [6.45, 7) is 7.67. The quantitative estimate of drug-likeness (QED) is 0.837. The molecule has 1 rings (SSSR count). The van der Waals surface area contributed by atoms with Crippen LogP contribution in [-0.2, 0) is 10.0 Å². The molecule has 0 aliphatic heterocycles. The molecule has 0 unspecified atom stereocenters. The number of hydrogen-bond acceptors (Lipinski definition) is 3. The van der Waals surface area contributed by atoms with Crippen LogP contribution in [0.3, 0.4) is 0 Å². The Balaban J connectivity index is 2.94. The van der Waals surface area contributed by atoms with Gasteiger partial charge in [0.05, 0.1) is 4.90 Å². The highest BCUT2D eigenvalue weighted by atomic mass is 32.2. The van der Waals surface area contributed by atoms with E-state index in [9.17, 15) is 13.2 Å². The third-order valence-electron chi connectivity index (χ3n) is 3.84. The zero-order chi connectivity index (χ0) is 16.9. The minimum Gasteiger partial charge on any atom is -0.349 e. The molecule has 0 radical (unpaired) electrons. The largest absolute Gasteiger partial charge is 0.349 e. The average molecular weight is 326 g/mol. The fraction of sp³-hybridized carbons (Fsp3) is 0.562. The van der Waals surface area contributed by atoms with Gasteiger partial charge in [-0.25, -0.2) is 8.42 Å². The van der Waals surface area contributed by atoms with E-state index >= 15 is 0 Å². The van der Waals surface area contributed by atoms with Crippen LogP contribution in [-0.4, -0.2) is 37.8 Å². The number of nitrogens with one attached hydrogen (secondary N) is 1. The molecule has 1 aromatic carbocycles. The summed E-state index contributed by atoms with van der Waals surface area (Å²) in [5, 5.41) is 2.93. The Morgan fingerprint density at radius 2 is 1.64 bits per heavy atom. The third kappa shape index (κ3) is 4.30. The Hall–Kier alpha value is -1.40. The first-order valence-electron chi connectivity index (χ1n) is 7.63. The average Bonchev–Trinajstić information content (AvgIpc) is 2.51. The SMILES string of the molecule is CCC(CC)NC(=O)c1ccc(S(=O)(=O)N(C)C(C)C)cc1. The predicted octanol–water partition coefficient (Wildman–Crippen LogP) is 2.63. The van der Waals surface area contributed by atoms with Crippen molar-refractivity contribution < 1.29 is 13.2 Å². The van der Waals surface area contributed by atoms with E-state index in [1.807, 2.05) is 27.7 Å². The summed E-state index contributed by atoms with van der Waals surface area (Å²) in [4.78, 5) is 12.3. The highest BCUT2D eigenvalue weighted by Crippen LogP contribution is 2.17. The van der Waals surface area contributed by atoms with Crippen LogP contribution in [0, 0.1) is 0 Å². The first-order valence-corrected chi connectivity index (χ1v) is 9.07. The van der Waals surface area contributed by atoms with Crippen LogP contribution in [0.2, 0.25) is 0 Å². The molecule has 1 N–H and O–H groups in total. The summed E-state index contributed by atoms with van der Waals surface area (Å²) >= 11 is 0. The van der Waals surface area contributed by atoms with Gasteiger partial charge >= 0.3 is 0 Å². The molecule has 0 fully saturated rings. The number of amides is 1. The standard InChI is InChI=1S/C16H26N2O3S/c1-6-14(7-2)17-16(19)13-8-10-15(11-9-13)22(20,21)18(5)12(3)4/h8-12,14H,6-7H2,1-5H3,(H,17,19). The zero-order valence-electron chi connectivity index (χ0n) is 14.0. The molecule has 0 atom stereocenters. The number of rotatable bonds is 7. The van der Waals surface area contributed by atoms with Crippen LogP contribution < -0.4 is 5.32 Å². The molecular formula is C16H26N2O3S. The Bertz CT molecular complexity index is 590. The van der Waals surface area contributed by atoms with Crippen LogP contribution in [0.5, 0.6) is 0 Å². The molecule has 0 aliphatic rings. The van der Waals surface area contributed by atoms with Crippen molar-refractivity contribution >= 4 is 15.9 Å². The summed E-state index contributed by atoms with van der Waals surface area (Å²) in [5.41, 5.74) is 0.470. The lowest BCUT2D eigenvalue weighted by Crippen LogP contribution is -2.34. The lowest BCUT2D eigenvalue weighted by molar-refractivity contribution is 0.0934. The molecule has 0 heterocycles. The van der Waals surface area contributed by atoms with Crippen molar-refractivity contribution in [2.24, 2.45) is 0 Å². The van der Waals surface area contributed by atoms with Gasteiger partial charge in [0, 0.05) is 24.7 Å². The Morgan fingerprint density at radius 3 is 2.05 bits per heavy atom. The van der Waals surface area contributed by atoms with Crippen molar-refractivity contribution in [1.82, 2.24) is 9.62 Å². The molecule has 6 heteroatoms. The summed E-state index contributed by atoms with van der Waals surface area (Å²) in [5.74, 6) is -0.171. The van der Waals surface area contributed by atoms with Gasteiger partial charge in [0.2, 0.25) is 10.0 Å². The summed E-state index contributed by atoms with van der Waals surface area (Å²) in [6, 6.07) is 6.09. The van der Waals surface area contributed by atoms with Gasteiger partial charge in [0.1, 0.15) is 0 Å². The van der Waals surface area contributed by atoms with Crippen LogP contribution in [0.25, 0.3) is 0 Å². The van der Waals surface area contributed by atoms with Crippen molar-refractivity contribution in [2.75, 3.05) is 7.05 Å². The van der Waals surface area contributed by atoms with Gasteiger partial charge in [-0.05, 0) is 51.0 Å². The van der Waals surface area contributed by atoms with Gasteiger partial charge in [0.15, 0.2) is 0 Å². The summed E-state index contributed by atoms with van der Waals surface area (Å²) in [7, 11) is -1.96. The number of sulfonamides is 1. The fourth-order valence-corrected chi connectivity index (χ4v) is 3.35. The van der Waals surface area contributed by atoms with Gasteiger partial charge in [-0.3, -0.25) is 4.79 Å². The Labute approximate surface area is 133 Å². The second-order valence-electron chi connectivity index (χ2n) is 5.63. The maximum atomic E-state index is 12.4.